The van der Waals surface area contributed by atoms with Gasteiger partial charge in [0.2, 0.25) is 5.52 Å². The SMILES string of the molecule is C[n+]1c2c(cc3ccccc31)C(c1ccccc1)=C(c1ccccc1)C2. The summed E-state index contributed by atoms with van der Waals surface area (Å²) < 4.78 is 2.36. The first-order valence-electron chi connectivity index (χ1n) is 9.08. The first-order valence-corrected chi connectivity index (χ1v) is 9.08. The zero-order valence-corrected chi connectivity index (χ0v) is 14.8. The molecule has 0 fully saturated rings. The van der Waals surface area contributed by atoms with Crippen molar-refractivity contribution in [2.75, 3.05) is 0 Å². The van der Waals surface area contributed by atoms with Crippen molar-refractivity contribution in [1.82, 2.24) is 0 Å². The van der Waals surface area contributed by atoms with Crippen LogP contribution < -0.4 is 4.57 Å². The molecule has 0 atom stereocenters. The summed E-state index contributed by atoms with van der Waals surface area (Å²) in [5.74, 6) is 0. The van der Waals surface area contributed by atoms with Crippen molar-refractivity contribution in [3.63, 3.8) is 0 Å². The van der Waals surface area contributed by atoms with E-state index in [-0.39, 0.29) is 0 Å². The standard InChI is InChI=1S/C25H20N/c1-26-23-15-9-8-14-20(23)16-22-24(26)17-21(18-10-4-2-5-11-18)25(22)19-12-6-3-7-13-19/h2-16H,17H2,1H3/q+1. The summed E-state index contributed by atoms with van der Waals surface area (Å²) >= 11 is 0. The normalized spacial score (nSPS) is 13.3. The van der Waals surface area contributed by atoms with Gasteiger partial charge in [0.05, 0.1) is 12.0 Å². The maximum Gasteiger partial charge on any atom is 0.212 e. The van der Waals surface area contributed by atoms with E-state index in [9.17, 15) is 0 Å². The Bertz CT molecular complexity index is 1140. The summed E-state index contributed by atoms with van der Waals surface area (Å²) in [5, 5.41) is 1.29. The van der Waals surface area contributed by atoms with E-state index in [2.05, 4.69) is 103 Å². The van der Waals surface area contributed by atoms with Crippen LogP contribution in [0.1, 0.15) is 22.4 Å². The third-order valence-electron chi connectivity index (χ3n) is 5.41. The number of aryl methyl sites for hydroxylation is 1. The molecule has 5 rings (SSSR count). The lowest BCUT2D eigenvalue weighted by atomic mass is 9.94. The second kappa shape index (κ2) is 5.96. The Morgan fingerprint density at radius 2 is 1.31 bits per heavy atom. The summed E-state index contributed by atoms with van der Waals surface area (Å²) in [4.78, 5) is 0. The van der Waals surface area contributed by atoms with Crippen molar-refractivity contribution in [3.05, 3.63) is 113 Å². The van der Waals surface area contributed by atoms with Crippen LogP contribution in [0.5, 0.6) is 0 Å². The smallest absolute Gasteiger partial charge is 0.197 e. The second-order valence-electron chi connectivity index (χ2n) is 6.88. The van der Waals surface area contributed by atoms with Crippen LogP contribution in [0.15, 0.2) is 91.0 Å². The Labute approximate surface area is 153 Å². The van der Waals surface area contributed by atoms with Gasteiger partial charge in [0.25, 0.3) is 0 Å². The van der Waals surface area contributed by atoms with Gasteiger partial charge in [0.1, 0.15) is 7.05 Å². The van der Waals surface area contributed by atoms with Gasteiger partial charge in [-0.05, 0) is 34.4 Å². The van der Waals surface area contributed by atoms with Gasteiger partial charge in [-0.25, -0.2) is 0 Å². The highest BCUT2D eigenvalue weighted by Crippen LogP contribution is 2.41. The third-order valence-corrected chi connectivity index (χ3v) is 5.41. The largest absolute Gasteiger partial charge is 0.212 e. The summed E-state index contributed by atoms with van der Waals surface area (Å²) in [7, 11) is 2.19. The van der Waals surface area contributed by atoms with Crippen LogP contribution in [0.4, 0.5) is 0 Å². The number of allylic oxidation sites excluding steroid dienone is 1. The minimum atomic E-state index is 0.963. The molecule has 3 aromatic carbocycles. The molecule has 4 aromatic rings. The van der Waals surface area contributed by atoms with E-state index in [0.717, 1.165) is 6.42 Å². The van der Waals surface area contributed by atoms with Crippen molar-refractivity contribution < 1.29 is 4.57 Å². The lowest BCUT2D eigenvalue weighted by Gasteiger charge is -2.09. The van der Waals surface area contributed by atoms with Gasteiger partial charge >= 0.3 is 0 Å². The molecule has 1 heteroatoms. The predicted octanol–water partition coefficient (Wildman–Crippen LogP) is 5.18. The maximum atomic E-state index is 2.36. The number of nitrogens with zero attached hydrogens (tertiary/aromatic N) is 1. The number of para-hydroxylation sites is 1. The lowest BCUT2D eigenvalue weighted by Crippen LogP contribution is -2.34. The van der Waals surface area contributed by atoms with Crippen LogP contribution in [0.2, 0.25) is 0 Å². The topological polar surface area (TPSA) is 3.88 Å². The monoisotopic (exact) mass is 334 g/mol. The molecule has 1 nitrogen and oxygen atoms in total. The van der Waals surface area contributed by atoms with Gasteiger partial charge in [-0.3, -0.25) is 0 Å². The average molecular weight is 334 g/mol. The van der Waals surface area contributed by atoms with Gasteiger partial charge in [0, 0.05) is 11.5 Å². The molecular weight excluding hydrogens is 314 g/mol. The Hall–Kier alpha value is -3.19. The first-order chi connectivity index (χ1) is 12.8. The quantitative estimate of drug-likeness (QED) is 0.445. The minimum absolute atomic E-state index is 0.963. The molecule has 124 valence electrons. The Balaban J connectivity index is 1.84. The number of fused-ring (bicyclic) bond motifs is 2. The third kappa shape index (κ3) is 2.28. The molecule has 1 aromatic heterocycles. The molecule has 0 N–H and O–H groups in total. The zero-order chi connectivity index (χ0) is 17.5. The van der Waals surface area contributed by atoms with Gasteiger partial charge in [-0.2, -0.15) is 4.57 Å². The highest BCUT2D eigenvalue weighted by molar-refractivity contribution is 6.04. The van der Waals surface area contributed by atoms with Crippen molar-refractivity contribution >= 4 is 22.0 Å². The van der Waals surface area contributed by atoms with E-state index in [0.29, 0.717) is 0 Å². The molecule has 1 aliphatic carbocycles. The maximum absolute atomic E-state index is 2.36. The van der Waals surface area contributed by atoms with E-state index in [4.69, 9.17) is 0 Å². The van der Waals surface area contributed by atoms with Gasteiger partial charge in [0.15, 0.2) is 5.69 Å². The molecule has 0 aliphatic heterocycles. The van der Waals surface area contributed by atoms with Crippen molar-refractivity contribution in [2.45, 2.75) is 6.42 Å². The highest BCUT2D eigenvalue weighted by atomic mass is 14.9. The van der Waals surface area contributed by atoms with Crippen LogP contribution in [-0.2, 0) is 13.5 Å². The van der Waals surface area contributed by atoms with E-state index >= 15 is 0 Å². The molecule has 26 heavy (non-hydrogen) atoms. The number of hydrogen-bond acceptors (Lipinski definition) is 0. The number of hydrogen-bond donors (Lipinski definition) is 0. The molecule has 1 aliphatic rings. The number of benzene rings is 3. The van der Waals surface area contributed by atoms with Crippen LogP contribution in [-0.4, -0.2) is 0 Å². The lowest BCUT2D eigenvalue weighted by molar-refractivity contribution is -0.652. The molecule has 0 amide bonds. The number of pyridine rings is 1. The molecular formula is C25H20N+. The summed E-state index contributed by atoms with van der Waals surface area (Å²) in [5.41, 5.74) is 9.42. The predicted molar refractivity (Wildman–Crippen MR) is 108 cm³/mol. The van der Waals surface area contributed by atoms with Crippen LogP contribution in [0, 0.1) is 0 Å². The van der Waals surface area contributed by atoms with Gasteiger partial charge in [-0.15, -0.1) is 0 Å². The zero-order valence-electron chi connectivity index (χ0n) is 14.8. The van der Waals surface area contributed by atoms with E-state index < -0.39 is 0 Å². The minimum Gasteiger partial charge on any atom is -0.197 e. The van der Waals surface area contributed by atoms with Crippen LogP contribution >= 0.6 is 0 Å². The molecule has 0 unspecified atom stereocenters. The Kier molecular flexibility index (Phi) is 3.46. The molecule has 0 radical (unpaired) electrons. The second-order valence-corrected chi connectivity index (χ2v) is 6.88. The number of rotatable bonds is 2. The van der Waals surface area contributed by atoms with Crippen LogP contribution in [0.3, 0.4) is 0 Å². The highest BCUT2D eigenvalue weighted by Gasteiger charge is 2.31. The molecule has 0 saturated carbocycles. The summed E-state index contributed by atoms with van der Waals surface area (Å²) in [6.07, 6.45) is 0.963. The Morgan fingerprint density at radius 3 is 2.04 bits per heavy atom. The average Bonchev–Trinajstić information content (AvgIpc) is 3.09. The van der Waals surface area contributed by atoms with Crippen molar-refractivity contribution in [3.8, 4) is 0 Å². The fourth-order valence-corrected chi connectivity index (χ4v) is 4.15. The summed E-state index contributed by atoms with van der Waals surface area (Å²) in [6, 6.07) is 32.6. The number of aromatic nitrogens is 1. The van der Waals surface area contributed by atoms with Crippen molar-refractivity contribution in [1.29, 1.82) is 0 Å². The molecule has 0 saturated heterocycles. The van der Waals surface area contributed by atoms with E-state index in [1.54, 1.807) is 0 Å². The van der Waals surface area contributed by atoms with Crippen molar-refractivity contribution in [2.24, 2.45) is 7.05 Å². The van der Waals surface area contributed by atoms with Gasteiger partial charge in [-0.1, -0.05) is 72.8 Å². The molecule has 0 bridgehead atoms. The summed E-state index contributed by atoms with van der Waals surface area (Å²) in [6.45, 7) is 0. The van der Waals surface area contributed by atoms with E-state index in [1.807, 2.05) is 0 Å². The van der Waals surface area contributed by atoms with Gasteiger partial charge < -0.3 is 0 Å². The molecule has 1 heterocycles. The van der Waals surface area contributed by atoms with Crippen LogP contribution in [0.25, 0.3) is 22.0 Å². The first kappa shape index (κ1) is 15.1. The Morgan fingerprint density at radius 1 is 0.692 bits per heavy atom. The molecule has 0 spiro atoms. The van der Waals surface area contributed by atoms with E-state index in [1.165, 1.54) is 44.4 Å². The fourth-order valence-electron chi connectivity index (χ4n) is 4.15. The fraction of sp³-hybridized carbons (Fsp3) is 0.0800.